The molecule has 0 spiro atoms. The van der Waals surface area contributed by atoms with E-state index >= 15 is 0 Å². The summed E-state index contributed by atoms with van der Waals surface area (Å²) in [6.07, 6.45) is 0.711. The van der Waals surface area contributed by atoms with Crippen LogP contribution in [0.2, 0.25) is 0 Å². The van der Waals surface area contributed by atoms with Crippen LogP contribution in [0.25, 0.3) is 0 Å². The average molecular weight is 363 g/mol. The van der Waals surface area contributed by atoms with Gasteiger partial charge < -0.3 is 36.2 Å². The normalized spacial score (nSPS) is 13.0. The summed E-state index contributed by atoms with van der Waals surface area (Å²) in [7, 11) is -4.77. The van der Waals surface area contributed by atoms with Gasteiger partial charge in [-0.25, -0.2) is 4.98 Å². The van der Waals surface area contributed by atoms with E-state index in [0.717, 1.165) is 0 Å². The van der Waals surface area contributed by atoms with E-state index in [1.165, 1.54) is 6.92 Å². The molecular weight excluding hydrogens is 341 g/mol. The zero-order valence-electron chi connectivity index (χ0n) is 13.1. The van der Waals surface area contributed by atoms with Crippen molar-refractivity contribution in [1.29, 1.82) is 0 Å². The minimum atomic E-state index is -4.77. The first-order valence-corrected chi connectivity index (χ1v) is 8.79. The van der Waals surface area contributed by atoms with Gasteiger partial charge in [-0.05, 0) is 26.3 Å². The van der Waals surface area contributed by atoms with E-state index in [2.05, 4.69) is 10.3 Å². The van der Waals surface area contributed by atoms with E-state index in [9.17, 15) is 29.4 Å². The maximum atomic E-state index is 11.5. The molecule has 0 fully saturated rings. The van der Waals surface area contributed by atoms with Crippen molar-refractivity contribution in [3.05, 3.63) is 16.8 Å². The van der Waals surface area contributed by atoms with Crippen LogP contribution in [0.3, 0.4) is 0 Å². The Morgan fingerprint density at radius 1 is 1.38 bits per heavy atom. The Kier molecular flexibility index (Phi) is 7.27. The number of hydrogen-bond acceptors (Lipinski definition) is 7. The van der Waals surface area contributed by atoms with E-state index in [1.807, 2.05) is 0 Å². The fourth-order valence-electron chi connectivity index (χ4n) is 2.23. The summed E-state index contributed by atoms with van der Waals surface area (Å²) < 4.78 is 11.5. The third kappa shape index (κ3) is 4.97. The first-order valence-electron chi connectivity index (χ1n) is 7.18. The molecule has 8 N–H and O–H groups in total. The van der Waals surface area contributed by atoms with Crippen molar-refractivity contribution in [2.45, 2.75) is 39.0 Å². The van der Waals surface area contributed by atoms with Gasteiger partial charge in [0.15, 0.2) is 5.44 Å². The summed E-state index contributed by atoms with van der Waals surface area (Å²) in [5.41, 5.74) is 4.47. The van der Waals surface area contributed by atoms with Gasteiger partial charge in [-0.1, -0.05) is 0 Å². The number of aliphatic hydroxyl groups is 1. The number of pyridine rings is 1. The number of aliphatic hydroxyl groups excluding tert-OH is 1. The van der Waals surface area contributed by atoms with Gasteiger partial charge in [0.05, 0.1) is 12.3 Å². The van der Waals surface area contributed by atoms with Crippen LogP contribution in [0.4, 0.5) is 0 Å². The van der Waals surface area contributed by atoms with Crippen LogP contribution >= 0.6 is 7.60 Å². The summed E-state index contributed by atoms with van der Waals surface area (Å²) >= 11 is 0. The molecule has 1 atom stereocenters. The molecule has 1 heterocycles. The van der Waals surface area contributed by atoms with E-state index in [0.29, 0.717) is 13.0 Å². The molecule has 0 unspecified atom stereocenters. The lowest BCUT2D eigenvalue weighted by molar-refractivity contribution is -0.139. The molecule has 0 amide bonds. The largest absolute Gasteiger partial charge is 0.506 e. The predicted molar refractivity (Wildman–Crippen MR) is 84.8 cm³/mol. The Morgan fingerprint density at radius 3 is 2.46 bits per heavy atom. The fraction of sp³-hybridized carbons (Fsp3) is 0.538. The van der Waals surface area contributed by atoms with Gasteiger partial charge in [0.2, 0.25) is 0 Å². The summed E-state index contributed by atoms with van der Waals surface area (Å²) in [6.45, 7) is 0.691. The van der Waals surface area contributed by atoms with Crippen molar-refractivity contribution in [3.8, 4) is 5.75 Å². The van der Waals surface area contributed by atoms with Crippen LogP contribution in [0.5, 0.6) is 5.75 Å². The number of aromatic nitrogens is 1. The number of carbonyl (C=O) groups is 1. The van der Waals surface area contributed by atoms with E-state index < -0.39 is 31.6 Å². The molecule has 10 nitrogen and oxygen atoms in total. The molecule has 0 radical (unpaired) electrons. The zero-order valence-corrected chi connectivity index (χ0v) is 14.0. The molecule has 1 aromatic rings. The van der Waals surface area contributed by atoms with Gasteiger partial charge in [-0.2, -0.15) is 0 Å². The minimum Gasteiger partial charge on any atom is -0.506 e. The highest BCUT2D eigenvalue weighted by Gasteiger charge is 2.29. The number of nitrogens with zero attached hydrogens (tertiary/aromatic N) is 1. The standard InChI is InChI=1S/C13H22N3O7P/c1-7-11(18)8(5-15-10(13(19)20)3-2-4-14)9(6-17)12(16-7)24(21,22)23/h10,15,17-18H,2-6,14H2,1H3,(H,19,20)(H2,21,22,23)/t10-/m0/s1. The highest BCUT2D eigenvalue weighted by molar-refractivity contribution is 7.60. The van der Waals surface area contributed by atoms with Crippen molar-refractivity contribution in [1.82, 2.24) is 10.3 Å². The monoisotopic (exact) mass is 363 g/mol. The quantitative estimate of drug-likeness (QED) is 0.259. The van der Waals surface area contributed by atoms with Gasteiger partial charge in [-0.3, -0.25) is 9.36 Å². The number of carboxylic acids is 1. The number of nitrogens with two attached hydrogens (primary N) is 1. The second-order valence-corrected chi connectivity index (χ2v) is 6.74. The van der Waals surface area contributed by atoms with Crippen molar-refractivity contribution in [2.24, 2.45) is 5.73 Å². The predicted octanol–water partition coefficient (Wildman–Crippen LogP) is -1.33. The number of aryl methyl sites for hydroxylation is 1. The van der Waals surface area contributed by atoms with Crippen LogP contribution < -0.4 is 16.5 Å². The Bertz CT molecular complexity index is 647. The molecule has 136 valence electrons. The van der Waals surface area contributed by atoms with Crippen LogP contribution in [-0.4, -0.2) is 48.6 Å². The van der Waals surface area contributed by atoms with Crippen LogP contribution in [-0.2, 0) is 22.5 Å². The molecule has 0 aromatic carbocycles. The SMILES string of the molecule is Cc1nc(P(=O)(O)O)c(CO)c(CN[C@@H](CCCN)C(=O)O)c1O. The second kappa shape index (κ2) is 8.52. The molecular formula is C13H22N3O7P. The topological polar surface area (TPSA) is 186 Å². The number of aliphatic carboxylic acids is 1. The van der Waals surface area contributed by atoms with E-state index in [1.54, 1.807) is 0 Å². The zero-order chi connectivity index (χ0) is 18.5. The van der Waals surface area contributed by atoms with Crippen molar-refractivity contribution in [3.63, 3.8) is 0 Å². The third-order valence-electron chi connectivity index (χ3n) is 3.49. The third-order valence-corrected chi connectivity index (χ3v) is 4.41. The Balaban J connectivity index is 3.20. The second-order valence-electron chi connectivity index (χ2n) is 5.23. The molecule has 24 heavy (non-hydrogen) atoms. The molecule has 0 aliphatic carbocycles. The highest BCUT2D eigenvalue weighted by atomic mass is 31.2. The lowest BCUT2D eigenvalue weighted by Gasteiger charge is -2.19. The molecule has 0 aliphatic heterocycles. The van der Waals surface area contributed by atoms with Crippen molar-refractivity contribution < 1.29 is 34.5 Å². The summed E-state index contributed by atoms with van der Waals surface area (Å²) in [6, 6.07) is -0.952. The van der Waals surface area contributed by atoms with Gasteiger partial charge in [0, 0.05) is 17.7 Å². The van der Waals surface area contributed by atoms with Crippen LogP contribution in [0.1, 0.15) is 29.7 Å². The highest BCUT2D eigenvalue weighted by Crippen LogP contribution is 2.37. The van der Waals surface area contributed by atoms with Crippen molar-refractivity contribution in [2.75, 3.05) is 6.54 Å². The van der Waals surface area contributed by atoms with E-state index in [-0.39, 0.29) is 35.5 Å². The first kappa shape index (κ1) is 20.5. The van der Waals surface area contributed by atoms with Crippen LogP contribution in [0.15, 0.2) is 0 Å². The van der Waals surface area contributed by atoms with Gasteiger partial charge >= 0.3 is 13.6 Å². The summed E-state index contributed by atoms with van der Waals surface area (Å²) in [4.78, 5) is 33.6. The summed E-state index contributed by atoms with van der Waals surface area (Å²) in [5.74, 6) is -1.47. The summed E-state index contributed by atoms with van der Waals surface area (Å²) in [5, 5.41) is 31.4. The molecule has 0 bridgehead atoms. The van der Waals surface area contributed by atoms with Crippen LogP contribution in [0, 0.1) is 6.92 Å². The first-order chi connectivity index (χ1) is 11.1. The van der Waals surface area contributed by atoms with Gasteiger partial charge in [-0.15, -0.1) is 0 Å². The number of aromatic hydroxyl groups is 1. The number of hydrogen-bond donors (Lipinski definition) is 7. The molecule has 0 saturated carbocycles. The Labute approximate surface area is 138 Å². The maximum Gasteiger partial charge on any atom is 0.374 e. The molecule has 0 aliphatic rings. The number of carboxylic acid groups (broad SMARTS) is 1. The van der Waals surface area contributed by atoms with Crippen molar-refractivity contribution >= 4 is 19.0 Å². The van der Waals surface area contributed by atoms with E-state index in [4.69, 9.17) is 10.8 Å². The molecule has 1 aromatic heterocycles. The number of nitrogens with one attached hydrogen (secondary N) is 1. The minimum absolute atomic E-state index is 0.00215. The lowest BCUT2D eigenvalue weighted by atomic mass is 10.1. The lowest BCUT2D eigenvalue weighted by Crippen LogP contribution is -2.37. The fourth-order valence-corrected chi connectivity index (χ4v) is 3.07. The molecule has 1 rings (SSSR count). The number of rotatable bonds is 9. The average Bonchev–Trinajstić information content (AvgIpc) is 2.49. The Morgan fingerprint density at radius 2 is 2.00 bits per heavy atom. The maximum absolute atomic E-state index is 11.5. The molecule has 11 heteroatoms. The molecule has 0 saturated heterocycles. The van der Waals surface area contributed by atoms with Gasteiger partial charge in [0.25, 0.3) is 0 Å². The smallest absolute Gasteiger partial charge is 0.374 e. The Hall–Kier alpha value is -1.55. The van der Waals surface area contributed by atoms with Gasteiger partial charge in [0.1, 0.15) is 11.8 Å².